The van der Waals surface area contributed by atoms with Gasteiger partial charge in [0.25, 0.3) is 5.91 Å². The molecule has 118 valence electrons. The number of anilines is 2. The zero-order valence-corrected chi connectivity index (χ0v) is 12.8. The van der Waals surface area contributed by atoms with E-state index in [2.05, 4.69) is 5.32 Å². The molecule has 4 nitrogen and oxygen atoms in total. The van der Waals surface area contributed by atoms with Gasteiger partial charge in [0.05, 0.1) is 0 Å². The molecule has 0 unspecified atom stereocenters. The molecule has 0 spiro atoms. The second-order valence-corrected chi connectivity index (χ2v) is 5.58. The molecule has 1 N–H and O–H groups in total. The second kappa shape index (κ2) is 6.20. The molecule has 0 aliphatic carbocycles. The molecule has 0 fully saturated rings. The number of rotatable bonds is 2. The topological polar surface area (TPSA) is 49.4 Å². The van der Waals surface area contributed by atoms with E-state index in [1.807, 2.05) is 18.2 Å². The summed E-state index contributed by atoms with van der Waals surface area (Å²) in [6.45, 7) is 2.23. The third kappa shape index (κ3) is 3.23. The number of aryl methyl sites for hydroxylation is 1. The fourth-order valence-corrected chi connectivity index (χ4v) is 2.78. The highest BCUT2D eigenvalue weighted by Crippen LogP contribution is 2.30. The van der Waals surface area contributed by atoms with Crippen molar-refractivity contribution in [3.05, 3.63) is 59.4 Å². The molecule has 2 amide bonds. The Morgan fingerprint density at radius 2 is 1.87 bits per heavy atom. The Morgan fingerprint density at radius 1 is 1.13 bits per heavy atom. The molecular weight excluding hydrogens is 295 g/mol. The number of hydrogen-bond donors (Lipinski definition) is 1. The van der Waals surface area contributed by atoms with E-state index < -0.39 is 0 Å². The first-order valence-electron chi connectivity index (χ1n) is 7.52. The van der Waals surface area contributed by atoms with Crippen LogP contribution in [0.5, 0.6) is 0 Å². The van der Waals surface area contributed by atoms with Crippen molar-refractivity contribution in [3.8, 4) is 0 Å². The second-order valence-electron chi connectivity index (χ2n) is 5.58. The highest BCUT2D eigenvalue weighted by molar-refractivity contribution is 6.04. The summed E-state index contributed by atoms with van der Waals surface area (Å²) in [5, 5.41) is 2.79. The van der Waals surface area contributed by atoms with Gasteiger partial charge in [0, 0.05) is 30.4 Å². The largest absolute Gasteiger partial charge is 0.322 e. The van der Waals surface area contributed by atoms with Gasteiger partial charge in [-0.15, -0.1) is 0 Å². The molecule has 1 aliphatic rings. The van der Waals surface area contributed by atoms with E-state index in [1.165, 1.54) is 24.3 Å². The first kappa shape index (κ1) is 15.2. The predicted octanol–water partition coefficient (Wildman–Crippen LogP) is 3.38. The Balaban J connectivity index is 1.84. The van der Waals surface area contributed by atoms with Gasteiger partial charge in [-0.25, -0.2) is 4.39 Å². The van der Waals surface area contributed by atoms with E-state index in [0.29, 0.717) is 17.8 Å². The standard InChI is InChI=1S/C18H17FN2O2/c1-12(22)21-10-2-3-13-6-9-16(11-17(13)21)20-18(23)14-4-7-15(19)8-5-14/h4-9,11H,2-3,10H2,1H3,(H,20,23). The minimum Gasteiger partial charge on any atom is -0.322 e. The van der Waals surface area contributed by atoms with Gasteiger partial charge in [0.1, 0.15) is 5.82 Å². The van der Waals surface area contributed by atoms with Crippen LogP contribution in [0, 0.1) is 5.82 Å². The van der Waals surface area contributed by atoms with Crippen LogP contribution in [0.15, 0.2) is 42.5 Å². The first-order chi connectivity index (χ1) is 11.0. The van der Waals surface area contributed by atoms with Crippen LogP contribution >= 0.6 is 0 Å². The first-order valence-corrected chi connectivity index (χ1v) is 7.52. The summed E-state index contributed by atoms with van der Waals surface area (Å²) in [5.41, 5.74) is 2.95. The Hall–Kier alpha value is -2.69. The molecule has 2 aromatic carbocycles. The molecule has 0 radical (unpaired) electrons. The van der Waals surface area contributed by atoms with Crippen molar-refractivity contribution < 1.29 is 14.0 Å². The molecule has 0 saturated carbocycles. The summed E-state index contributed by atoms with van der Waals surface area (Å²) in [6.07, 6.45) is 1.86. The Kier molecular flexibility index (Phi) is 4.10. The molecule has 0 aromatic heterocycles. The number of amides is 2. The summed E-state index contributed by atoms with van der Waals surface area (Å²) in [4.78, 5) is 25.7. The van der Waals surface area contributed by atoms with Gasteiger partial charge < -0.3 is 10.2 Å². The fourth-order valence-electron chi connectivity index (χ4n) is 2.78. The minimum absolute atomic E-state index is 0.00652. The average Bonchev–Trinajstić information content (AvgIpc) is 2.54. The number of nitrogens with zero attached hydrogens (tertiary/aromatic N) is 1. The number of carbonyl (C=O) groups excluding carboxylic acids is 2. The van der Waals surface area contributed by atoms with Crippen molar-refractivity contribution in [1.29, 1.82) is 0 Å². The minimum atomic E-state index is -0.382. The van der Waals surface area contributed by atoms with E-state index in [0.717, 1.165) is 24.1 Å². The van der Waals surface area contributed by atoms with Crippen LogP contribution in [0.4, 0.5) is 15.8 Å². The lowest BCUT2D eigenvalue weighted by Crippen LogP contribution is -2.33. The maximum atomic E-state index is 12.9. The number of fused-ring (bicyclic) bond motifs is 1. The average molecular weight is 312 g/mol. The molecule has 2 aromatic rings. The van der Waals surface area contributed by atoms with Crippen molar-refractivity contribution in [3.63, 3.8) is 0 Å². The number of benzene rings is 2. The molecular formula is C18H17FN2O2. The molecule has 1 aliphatic heterocycles. The number of hydrogen-bond acceptors (Lipinski definition) is 2. The summed E-state index contributed by atoms with van der Waals surface area (Å²) in [6, 6.07) is 10.9. The van der Waals surface area contributed by atoms with Crippen molar-refractivity contribution in [2.75, 3.05) is 16.8 Å². The third-order valence-electron chi connectivity index (χ3n) is 3.95. The van der Waals surface area contributed by atoms with Crippen LogP contribution in [0.2, 0.25) is 0 Å². The number of nitrogens with one attached hydrogen (secondary N) is 1. The van der Waals surface area contributed by atoms with Crippen LogP contribution in [0.25, 0.3) is 0 Å². The molecule has 0 bridgehead atoms. The van der Waals surface area contributed by atoms with Crippen molar-refractivity contribution in [1.82, 2.24) is 0 Å². The van der Waals surface area contributed by atoms with E-state index in [-0.39, 0.29) is 17.6 Å². The van der Waals surface area contributed by atoms with Gasteiger partial charge in [-0.1, -0.05) is 6.07 Å². The van der Waals surface area contributed by atoms with E-state index in [1.54, 1.807) is 11.8 Å². The summed E-state index contributed by atoms with van der Waals surface area (Å²) >= 11 is 0. The highest BCUT2D eigenvalue weighted by atomic mass is 19.1. The maximum absolute atomic E-state index is 12.9. The van der Waals surface area contributed by atoms with Gasteiger partial charge >= 0.3 is 0 Å². The molecule has 0 saturated heterocycles. The lowest BCUT2D eigenvalue weighted by molar-refractivity contribution is -0.116. The molecule has 23 heavy (non-hydrogen) atoms. The molecule has 1 heterocycles. The zero-order chi connectivity index (χ0) is 16.4. The summed E-state index contributed by atoms with van der Waals surface area (Å²) in [7, 11) is 0. The normalized spacial score (nSPS) is 13.4. The van der Waals surface area contributed by atoms with E-state index in [4.69, 9.17) is 0 Å². The van der Waals surface area contributed by atoms with Crippen LogP contribution < -0.4 is 10.2 Å². The van der Waals surface area contributed by atoms with Crippen molar-refractivity contribution in [2.24, 2.45) is 0 Å². The number of halogens is 1. The smallest absolute Gasteiger partial charge is 0.255 e. The van der Waals surface area contributed by atoms with Gasteiger partial charge in [-0.3, -0.25) is 9.59 Å². The maximum Gasteiger partial charge on any atom is 0.255 e. The Bertz CT molecular complexity index is 756. The van der Waals surface area contributed by atoms with Crippen molar-refractivity contribution >= 4 is 23.2 Å². The van der Waals surface area contributed by atoms with Gasteiger partial charge in [-0.05, 0) is 54.8 Å². The SMILES string of the molecule is CC(=O)N1CCCc2ccc(NC(=O)c3ccc(F)cc3)cc21. The fraction of sp³-hybridized carbons (Fsp3) is 0.222. The summed E-state index contributed by atoms with van der Waals surface area (Å²) in [5.74, 6) is -0.699. The summed E-state index contributed by atoms with van der Waals surface area (Å²) < 4.78 is 12.9. The predicted molar refractivity (Wildman–Crippen MR) is 87.1 cm³/mol. The number of carbonyl (C=O) groups is 2. The molecule has 5 heteroatoms. The van der Waals surface area contributed by atoms with Crippen LogP contribution in [-0.2, 0) is 11.2 Å². The lowest BCUT2D eigenvalue weighted by Gasteiger charge is -2.29. The monoisotopic (exact) mass is 312 g/mol. The third-order valence-corrected chi connectivity index (χ3v) is 3.95. The van der Waals surface area contributed by atoms with E-state index >= 15 is 0 Å². The lowest BCUT2D eigenvalue weighted by atomic mass is 10.0. The Labute approximate surface area is 133 Å². The Morgan fingerprint density at radius 3 is 2.57 bits per heavy atom. The van der Waals surface area contributed by atoms with Crippen LogP contribution in [0.3, 0.4) is 0 Å². The van der Waals surface area contributed by atoms with E-state index in [9.17, 15) is 14.0 Å². The quantitative estimate of drug-likeness (QED) is 0.924. The van der Waals surface area contributed by atoms with Crippen LogP contribution in [-0.4, -0.2) is 18.4 Å². The molecule has 0 atom stereocenters. The van der Waals surface area contributed by atoms with Gasteiger partial charge in [0.15, 0.2) is 0 Å². The van der Waals surface area contributed by atoms with Crippen LogP contribution in [0.1, 0.15) is 29.3 Å². The van der Waals surface area contributed by atoms with Gasteiger partial charge in [-0.2, -0.15) is 0 Å². The van der Waals surface area contributed by atoms with Crippen molar-refractivity contribution in [2.45, 2.75) is 19.8 Å². The zero-order valence-electron chi connectivity index (χ0n) is 12.8. The molecule has 3 rings (SSSR count). The highest BCUT2D eigenvalue weighted by Gasteiger charge is 2.20. The van der Waals surface area contributed by atoms with Gasteiger partial charge in [0.2, 0.25) is 5.91 Å².